The van der Waals surface area contributed by atoms with Gasteiger partial charge in [0.25, 0.3) is 0 Å². The summed E-state index contributed by atoms with van der Waals surface area (Å²) in [5, 5.41) is 1.26. The molecule has 1 N–H and O–H groups in total. The number of nitrogens with zero attached hydrogens (tertiary/aromatic N) is 3. The molecule has 2 fully saturated rings. The van der Waals surface area contributed by atoms with Crippen LogP contribution < -0.4 is 9.80 Å². The third-order valence-electron chi connectivity index (χ3n) is 5.60. The van der Waals surface area contributed by atoms with Crippen molar-refractivity contribution in [1.29, 1.82) is 0 Å². The van der Waals surface area contributed by atoms with Crippen molar-refractivity contribution >= 4 is 27.4 Å². The molecule has 0 amide bonds. The summed E-state index contributed by atoms with van der Waals surface area (Å²) >= 11 is 1.82. The lowest BCUT2D eigenvalue weighted by Gasteiger charge is -2.38. The predicted octanol–water partition coefficient (Wildman–Crippen LogP) is 2.29. The molecule has 3 heterocycles. The van der Waals surface area contributed by atoms with Gasteiger partial charge in [-0.15, -0.1) is 11.3 Å². The highest BCUT2D eigenvalue weighted by atomic mass is 32.1. The van der Waals surface area contributed by atoms with Crippen molar-refractivity contribution in [3.63, 3.8) is 0 Å². The zero-order chi connectivity index (χ0) is 15.6. The molecule has 0 spiro atoms. The smallest absolute Gasteiger partial charge is 0.141 e. The first-order chi connectivity index (χ1) is 11.3. The van der Waals surface area contributed by atoms with Crippen LogP contribution >= 0.6 is 11.3 Å². The van der Waals surface area contributed by atoms with Crippen LogP contribution in [0.2, 0.25) is 0 Å². The van der Waals surface area contributed by atoms with E-state index in [1.165, 1.54) is 55.5 Å². The van der Waals surface area contributed by atoms with Gasteiger partial charge in [-0.05, 0) is 38.2 Å². The van der Waals surface area contributed by atoms with Crippen molar-refractivity contribution in [2.24, 2.45) is 0 Å². The topological polar surface area (TPSA) is 33.5 Å². The molecular weight excluding hydrogens is 304 g/mol. The number of anilines is 1. The molecule has 5 heteroatoms. The maximum Gasteiger partial charge on any atom is 0.141 e. The molecule has 4 rings (SSSR count). The van der Waals surface area contributed by atoms with E-state index in [-0.39, 0.29) is 0 Å². The van der Waals surface area contributed by atoms with Crippen molar-refractivity contribution in [2.45, 2.75) is 51.5 Å². The first-order valence-electron chi connectivity index (χ1n) is 9.18. The normalized spacial score (nSPS) is 21.2. The minimum Gasteiger partial charge on any atom is -0.345 e. The number of quaternary nitrogens is 1. The number of aryl methyl sites for hydroxylation is 1. The van der Waals surface area contributed by atoms with Crippen LogP contribution in [0.15, 0.2) is 12.4 Å². The summed E-state index contributed by atoms with van der Waals surface area (Å²) in [6.45, 7) is 7.01. The van der Waals surface area contributed by atoms with Gasteiger partial charge >= 0.3 is 0 Å². The van der Waals surface area contributed by atoms with Crippen LogP contribution in [0.4, 0.5) is 5.82 Å². The average Bonchev–Trinajstić information content (AvgIpc) is 3.06. The number of hydrogen-bond acceptors (Lipinski definition) is 4. The van der Waals surface area contributed by atoms with E-state index >= 15 is 0 Å². The number of hydrogen-bond donors (Lipinski definition) is 1. The van der Waals surface area contributed by atoms with Gasteiger partial charge in [0.15, 0.2) is 0 Å². The Labute approximate surface area is 142 Å². The highest BCUT2D eigenvalue weighted by Crippen LogP contribution is 2.30. The molecule has 2 aromatic rings. The largest absolute Gasteiger partial charge is 0.345 e. The molecule has 4 nitrogen and oxygen atoms in total. The van der Waals surface area contributed by atoms with E-state index in [9.17, 15) is 0 Å². The second-order valence-corrected chi connectivity index (χ2v) is 8.08. The fraction of sp³-hybridized carbons (Fsp3) is 0.667. The Morgan fingerprint density at radius 3 is 2.70 bits per heavy atom. The molecule has 2 aromatic heterocycles. The maximum absolute atomic E-state index is 4.63. The number of nitrogens with one attached hydrogen (secondary N) is 1. The lowest BCUT2D eigenvalue weighted by Crippen LogP contribution is -3.18. The quantitative estimate of drug-likeness (QED) is 0.937. The average molecular weight is 332 g/mol. The second kappa shape index (κ2) is 6.73. The van der Waals surface area contributed by atoms with Crippen LogP contribution in [-0.4, -0.2) is 42.2 Å². The van der Waals surface area contributed by atoms with E-state index in [0.29, 0.717) is 0 Å². The SMILES string of the molecule is CCc1cc2c(N3CC[NH+](C4CCCCC4)CC3)ncnc2s1. The van der Waals surface area contributed by atoms with Gasteiger partial charge in [0.05, 0.1) is 37.6 Å². The second-order valence-electron chi connectivity index (χ2n) is 6.96. The van der Waals surface area contributed by atoms with Gasteiger partial charge in [-0.3, -0.25) is 0 Å². The van der Waals surface area contributed by atoms with Crippen LogP contribution in [0.5, 0.6) is 0 Å². The Bertz CT molecular complexity index is 654. The van der Waals surface area contributed by atoms with Gasteiger partial charge in [0, 0.05) is 4.88 Å². The first kappa shape index (κ1) is 15.3. The monoisotopic (exact) mass is 331 g/mol. The Morgan fingerprint density at radius 2 is 1.96 bits per heavy atom. The van der Waals surface area contributed by atoms with E-state index in [2.05, 4.69) is 27.9 Å². The molecule has 1 saturated carbocycles. The summed E-state index contributed by atoms with van der Waals surface area (Å²) in [7, 11) is 0. The lowest BCUT2D eigenvalue weighted by molar-refractivity contribution is -0.927. The van der Waals surface area contributed by atoms with E-state index in [1.807, 2.05) is 16.2 Å². The maximum atomic E-state index is 4.63. The zero-order valence-electron chi connectivity index (χ0n) is 14.1. The molecule has 0 atom stereocenters. The molecule has 1 aliphatic heterocycles. The zero-order valence-corrected chi connectivity index (χ0v) is 14.9. The number of aromatic nitrogens is 2. The molecule has 0 aromatic carbocycles. The Morgan fingerprint density at radius 1 is 1.17 bits per heavy atom. The summed E-state index contributed by atoms with van der Waals surface area (Å²) in [5.41, 5.74) is 0. The molecule has 124 valence electrons. The van der Waals surface area contributed by atoms with Crippen LogP contribution in [0.3, 0.4) is 0 Å². The summed E-state index contributed by atoms with van der Waals surface area (Å²) in [5.74, 6) is 1.16. The van der Waals surface area contributed by atoms with Crippen molar-refractivity contribution in [1.82, 2.24) is 9.97 Å². The Kier molecular flexibility index (Phi) is 4.49. The highest BCUT2D eigenvalue weighted by molar-refractivity contribution is 7.18. The lowest BCUT2D eigenvalue weighted by atomic mass is 9.94. The Balaban J connectivity index is 1.48. The van der Waals surface area contributed by atoms with E-state index in [1.54, 1.807) is 6.33 Å². The van der Waals surface area contributed by atoms with Gasteiger partial charge < -0.3 is 9.80 Å². The van der Waals surface area contributed by atoms with Crippen molar-refractivity contribution in [3.8, 4) is 0 Å². The van der Waals surface area contributed by atoms with Crippen LogP contribution in [-0.2, 0) is 6.42 Å². The van der Waals surface area contributed by atoms with Crippen molar-refractivity contribution in [3.05, 3.63) is 17.3 Å². The first-order valence-corrected chi connectivity index (χ1v) is 9.99. The molecular formula is C18H27N4S+. The Hall–Kier alpha value is -1.20. The molecule has 2 aliphatic rings. The van der Waals surface area contributed by atoms with Gasteiger partial charge in [-0.25, -0.2) is 9.97 Å². The van der Waals surface area contributed by atoms with Gasteiger partial charge in [0.2, 0.25) is 0 Å². The molecule has 0 radical (unpaired) electrons. The summed E-state index contributed by atoms with van der Waals surface area (Å²) < 4.78 is 0. The van der Waals surface area contributed by atoms with Crippen LogP contribution in [0.1, 0.15) is 43.9 Å². The van der Waals surface area contributed by atoms with E-state index < -0.39 is 0 Å². The number of piperazine rings is 1. The van der Waals surface area contributed by atoms with E-state index in [4.69, 9.17) is 0 Å². The molecule has 23 heavy (non-hydrogen) atoms. The summed E-state index contributed by atoms with van der Waals surface area (Å²) in [6.07, 6.45) is 10.0. The van der Waals surface area contributed by atoms with Crippen LogP contribution in [0, 0.1) is 0 Å². The third-order valence-corrected chi connectivity index (χ3v) is 6.78. The molecule has 0 unspecified atom stereocenters. The third kappa shape index (κ3) is 3.09. The minimum absolute atomic E-state index is 0.921. The van der Waals surface area contributed by atoms with Crippen molar-refractivity contribution < 1.29 is 4.90 Å². The standard InChI is InChI=1S/C18H26N4S/c1-2-15-12-16-17(19-13-20-18(16)23-15)22-10-8-21(9-11-22)14-6-4-3-5-7-14/h12-14H,2-11H2,1H3/p+1. The number of rotatable bonds is 3. The molecule has 1 saturated heterocycles. The summed E-state index contributed by atoms with van der Waals surface area (Å²) in [6, 6.07) is 3.22. The van der Waals surface area contributed by atoms with E-state index in [0.717, 1.165) is 36.2 Å². The molecule has 1 aliphatic carbocycles. The van der Waals surface area contributed by atoms with Gasteiger partial charge in [-0.2, -0.15) is 0 Å². The van der Waals surface area contributed by atoms with Gasteiger partial charge in [-0.1, -0.05) is 13.3 Å². The minimum atomic E-state index is 0.921. The predicted molar refractivity (Wildman–Crippen MR) is 96.6 cm³/mol. The number of fused-ring (bicyclic) bond motifs is 1. The summed E-state index contributed by atoms with van der Waals surface area (Å²) in [4.78, 5) is 16.0. The van der Waals surface area contributed by atoms with Crippen molar-refractivity contribution in [2.75, 3.05) is 31.1 Å². The fourth-order valence-corrected chi connectivity index (χ4v) is 5.17. The van der Waals surface area contributed by atoms with Crippen LogP contribution in [0.25, 0.3) is 10.2 Å². The number of thiophene rings is 1. The highest BCUT2D eigenvalue weighted by Gasteiger charge is 2.29. The van der Waals surface area contributed by atoms with Gasteiger partial charge in [0.1, 0.15) is 17.0 Å². The molecule has 0 bridgehead atoms. The fourth-order valence-electron chi connectivity index (χ4n) is 4.24.